The van der Waals surface area contributed by atoms with Crippen LogP contribution < -0.4 is 20.5 Å². The normalized spacial score (nSPS) is 13.9. The van der Waals surface area contributed by atoms with Gasteiger partial charge < -0.3 is 40.3 Å². The predicted octanol–water partition coefficient (Wildman–Crippen LogP) is 4.30. The van der Waals surface area contributed by atoms with E-state index in [1.54, 1.807) is 13.4 Å². The van der Waals surface area contributed by atoms with Crippen molar-refractivity contribution < 1.29 is 38.9 Å². The van der Waals surface area contributed by atoms with E-state index in [4.69, 9.17) is 35.0 Å². The summed E-state index contributed by atoms with van der Waals surface area (Å²) in [4.78, 5) is 36.5. The van der Waals surface area contributed by atoms with Gasteiger partial charge >= 0.3 is 11.9 Å². The Morgan fingerprint density at radius 2 is 1.78 bits per heavy atom. The monoisotopic (exact) mass is 674 g/mol. The first kappa shape index (κ1) is 36.5. The van der Waals surface area contributed by atoms with Crippen LogP contribution in [0, 0.1) is 0 Å². The zero-order valence-corrected chi connectivity index (χ0v) is 27.6. The Bertz CT molecular complexity index is 1680. The summed E-state index contributed by atoms with van der Waals surface area (Å²) >= 11 is 0. The van der Waals surface area contributed by atoms with Crippen molar-refractivity contribution in [1.82, 2.24) is 14.9 Å². The molecule has 1 fully saturated rings. The van der Waals surface area contributed by atoms with Crippen molar-refractivity contribution >= 4 is 40.1 Å². The van der Waals surface area contributed by atoms with Gasteiger partial charge in [-0.1, -0.05) is 47.6 Å². The van der Waals surface area contributed by atoms with Gasteiger partial charge in [0.1, 0.15) is 24.8 Å². The largest absolute Gasteiger partial charge is 0.493 e. The number of ether oxygens (including phenoxy) is 3. The lowest BCUT2D eigenvalue weighted by atomic mass is 10.1. The maximum absolute atomic E-state index is 9.85. The van der Waals surface area contributed by atoms with Crippen molar-refractivity contribution in [2.24, 2.45) is 10.9 Å². The average Bonchev–Trinajstić information content (AvgIpc) is 3.11. The summed E-state index contributed by atoms with van der Waals surface area (Å²) < 4.78 is 17.2. The number of anilines is 2. The number of morpholine rings is 1. The van der Waals surface area contributed by atoms with Gasteiger partial charge in [-0.2, -0.15) is 0 Å². The van der Waals surface area contributed by atoms with Crippen LogP contribution in [0.3, 0.4) is 0 Å². The van der Waals surface area contributed by atoms with Crippen molar-refractivity contribution in [2.45, 2.75) is 32.4 Å². The highest BCUT2D eigenvalue weighted by Gasteiger charge is 2.15. The summed E-state index contributed by atoms with van der Waals surface area (Å²) in [6, 6.07) is 20.5. The standard InChI is InChI=1S/C31H35N5O4.C4H7NO4/c1-23(35-40-21-24-7-4-3-5-8-24)25-9-11-26(12-10-25)34-31-27-19-30(29(37-2)20-28(27)32-22-33-31)39-16-6-13-36-14-17-38-18-15-36;5-2(4(8)9)1-3(6)7/h3-5,7-12,19-20,22H,6,13-18,21H2,1-2H3,(H,32,33,34);2H,1,5H2,(H,6,7)(H,8,9)/b35-23-;/t;2-/m.0/s1. The number of carboxylic acids is 2. The maximum Gasteiger partial charge on any atom is 0.321 e. The number of methoxy groups -OCH3 is 1. The molecule has 0 radical (unpaired) electrons. The Morgan fingerprint density at radius 3 is 2.43 bits per heavy atom. The Morgan fingerprint density at radius 1 is 1.04 bits per heavy atom. The molecule has 2 heterocycles. The summed E-state index contributed by atoms with van der Waals surface area (Å²) in [5, 5.41) is 24.6. The second-order valence-electron chi connectivity index (χ2n) is 11.1. The molecule has 260 valence electrons. The Hall–Kier alpha value is -5.31. The van der Waals surface area contributed by atoms with E-state index in [1.165, 1.54) is 0 Å². The molecule has 5 N–H and O–H groups in total. The summed E-state index contributed by atoms with van der Waals surface area (Å²) in [7, 11) is 1.64. The minimum Gasteiger partial charge on any atom is -0.493 e. The van der Waals surface area contributed by atoms with Crippen molar-refractivity contribution in [3.8, 4) is 11.5 Å². The van der Waals surface area contributed by atoms with Crippen molar-refractivity contribution in [2.75, 3.05) is 51.9 Å². The van der Waals surface area contributed by atoms with Crippen LogP contribution in [0.5, 0.6) is 11.5 Å². The topological polar surface area (TPSA) is 191 Å². The van der Waals surface area contributed by atoms with Crippen molar-refractivity contribution in [3.05, 3.63) is 84.2 Å². The van der Waals surface area contributed by atoms with Gasteiger partial charge in [0, 0.05) is 36.8 Å². The first-order valence-corrected chi connectivity index (χ1v) is 15.8. The van der Waals surface area contributed by atoms with Crippen LogP contribution in [0.1, 0.15) is 30.9 Å². The molecule has 14 nitrogen and oxygen atoms in total. The number of nitrogens with zero attached hydrogens (tertiary/aromatic N) is 4. The number of rotatable bonds is 15. The number of carbonyl (C=O) groups is 2. The molecule has 0 saturated carbocycles. The number of nitrogens with one attached hydrogen (secondary N) is 1. The van der Waals surface area contributed by atoms with E-state index in [0.29, 0.717) is 30.5 Å². The zero-order valence-electron chi connectivity index (χ0n) is 27.6. The van der Waals surface area contributed by atoms with Gasteiger partial charge in [-0.3, -0.25) is 14.5 Å². The number of oxime groups is 1. The van der Waals surface area contributed by atoms with E-state index in [9.17, 15) is 9.59 Å². The van der Waals surface area contributed by atoms with E-state index in [1.807, 2.05) is 73.7 Å². The zero-order chi connectivity index (χ0) is 35.0. The van der Waals surface area contributed by atoms with E-state index in [-0.39, 0.29) is 0 Å². The fourth-order valence-corrected chi connectivity index (χ4v) is 4.77. The lowest BCUT2D eigenvalue weighted by Crippen LogP contribution is -2.37. The predicted molar refractivity (Wildman–Crippen MR) is 184 cm³/mol. The van der Waals surface area contributed by atoms with Gasteiger partial charge in [0.2, 0.25) is 0 Å². The SMILES string of the molecule is COc1cc2ncnc(Nc3ccc(/C(C)=N\OCc4ccccc4)cc3)c2cc1OCCCN1CCOCC1.N[C@@H](CC(=O)O)C(=O)O. The molecule has 0 aliphatic carbocycles. The van der Waals surface area contributed by atoms with Crippen LogP contribution in [-0.2, 0) is 25.8 Å². The minimum atomic E-state index is -1.29. The summed E-state index contributed by atoms with van der Waals surface area (Å²) in [6.07, 6.45) is 1.93. The van der Waals surface area contributed by atoms with Crippen molar-refractivity contribution in [3.63, 3.8) is 0 Å². The smallest absolute Gasteiger partial charge is 0.321 e. The molecule has 3 aromatic carbocycles. The van der Waals surface area contributed by atoms with Crippen LogP contribution in [0.15, 0.2) is 78.2 Å². The summed E-state index contributed by atoms with van der Waals surface area (Å²) in [6.45, 7) is 7.48. The maximum atomic E-state index is 9.85. The highest BCUT2D eigenvalue weighted by Crippen LogP contribution is 2.35. The number of fused-ring (bicyclic) bond motifs is 1. The minimum absolute atomic E-state index is 0.433. The number of hydrogen-bond acceptors (Lipinski definition) is 12. The second-order valence-corrected chi connectivity index (χ2v) is 11.1. The molecule has 0 unspecified atom stereocenters. The van der Waals surface area contributed by atoms with E-state index >= 15 is 0 Å². The molecule has 49 heavy (non-hydrogen) atoms. The Balaban J connectivity index is 0.000000529. The van der Waals surface area contributed by atoms with Gasteiger partial charge in [-0.25, -0.2) is 9.97 Å². The molecule has 1 saturated heterocycles. The lowest BCUT2D eigenvalue weighted by Gasteiger charge is -2.26. The third-order valence-corrected chi connectivity index (χ3v) is 7.45. The average molecular weight is 675 g/mol. The Labute approximate surface area is 284 Å². The summed E-state index contributed by atoms with van der Waals surface area (Å²) in [5.74, 6) is -0.484. The molecule has 1 atom stereocenters. The summed E-state index contributed by atoms with van der Waals surface area (Å²) in [5.41, 5.74) is 9.36. The van der Waals surface area contributed by atoms with Gasteiger partial charge in [0.05, 0.1) is 44.6 Å². The van der Waals surface area contributed by atoms with Crippen LogP contribution >= 0.6 is 0 Å². The number of nitrogens with two attached hydrogens (primary N) is 1. The van der Waals surface area contributed by atoms with E-state index in [0.717, 1.165) is 72.7 Å². The van der Waals surface area contributed by atoms with Gasteiger partial charge in [-0.05, 0) is 42.7 Å². The van der Waals surface area contributed by atoms with E-state index in [2.05, 4.69) is 25.3 Å². The molecule has 1 aromatic heterocycles. The molecule has 1 aliphatic heterocycles. The molecular weight excluding hydrogens is 632 g/mol. The number of aliphatic carboxylic acids is 2. The van der Waals surface area contributed by atoms with Crippen LogP contribution in [0.25, 0.3) is 10.9 Å². The third kappa shape index (κ3) is 11.7. The second kappa shape index (κ2) is 18.9. The molecule has 14 heteroatoms. The number of aromatic nitrogens is 2. The molecule has 0 spiro atoms. The molecular formula is C35H42N6O8. The first-order valence-electron chi connectivity index (χ1n) is 15.8. The van der Waals surface area contributed by atoms with Gasteiger partial charge in [0.15, 0.2) is 11.5 Å². The van der Waals surface area contributed by atoms with Crippen molar-refractivity contribution in [1.29, 1.82) is 0 Å². The number of benzene rings is 3. The fourth-order valence-electron chi connectivity index (χ4n) is 4.77. The highest BCUT2D eigenvalue weighted by atomic mass is 16.6. The quantitative estimate of drug-likeness (QED) is 0.0794. The fraction of sp³-hybridized carbons (Fsp3) is 0.343. The third-order valence-electron chi connectivity index (χ3n) is 7.45. The van der Waals surface area contributed by atoms with Gasteiger partial charge in [-0.15, -0.1) is 0 Å². The highest BCUT2D eigenvalue weighted by molar-refractivity contribution is 5.99. The van der Waals surface area contributed by atoms with Gasteiger partial charge in [0.25, 0.3) is 0 Å². The Kier molecular flexibility index (Phi) is 14.1. The number of hydrogen-bond donors (Lipinski definition) is 4. The molecule has 5 rings (SSSR count). The molecule has 1 aliphatic rings. The molecule has 4 aromatic rings. The lowest BCUT2D eigenvalue weighted by molar-refractivity contribution is -0.144. The van der Waals surface area contributed by atoms with Crippen LogP contribution in [0.4, 0.5) is 11.5 Å². The number of carboxylic acid groups (broad SMARTS) is 2. The van der Waals surface area contributed by atoms with Crippen LogP contribution in [0.2, 0.25) is 0 Å². The molecule has 0 bridgehead atoms. The van der Waals surface area contributed by atoms with E-state index < -0.39 is 24.4 Å². The first-order chi connectivity index (χ1) is 23.7. The molecule has 0 amide bonds. The van der Waals surface area contributed by atoms with Crippen LogP contribution in [-0.4, -0.2) is 95.3 Å².